The summed E-state index contributed by atoms with van der Waals surface area (Å²) in [5.74, 6) is 0.586. The quantitative estimate of drug-likeness (QED) is 0.338. The third-order valence-corrected chi connectivity index (χ3v) is 6.13. The minimum atomic E-state index is -0.707. The van der Waals surface area contributed by atoms with E-state index in [9.17, 15) is 9.59 Å². The summed E-state index contributed by atoms with van der Waals surface area (Å²) in [6.45, 7) is 5.66. The van der Waals surface area contributed by atoms with Gasteiger partial charge < -0.3 is 29.0 Å². The van der Waals surface area contributed by atoms with Gasteiger partial charge in [-0.3, -0.25) is 9.59 Å². The summed E-state index contributed by atoms with van der Waals surface area (Å²) in [5.41, 5.74) is 1.93. The van der Waals surface area contributed by atoms with Crippen molar-refractivity contribution in [3.63, 3.8) is 0 Å². The van der Waals surface area contributed by atoms with Gasteiger partial charge in [0.15, 0.2) is 5.88 Å². The van der Waals surface area contributed by atoms with Crippen LogP contribution in [0.1, 0.15) is 10.4 Å². The monoisotopic (exact) mass is 509 g/mol. The molecular formula is C27H28ClN3O5. The van der Waals surface area contributed by atoms with Crippen LogP contribution in [0.2, 0.25) is 5.02 Å². The number of hydrogen-bond acceptors (Lipinski definition) is 6. The molecule has 0 radical (unpaired) electrons. The molecule has 0 saturated carbocycles. The van der Waals surface area contributed by atoms with Crippen molar-refractivity contribution < 1.29 is 23.5 Å². The summed E-state index contributed by atoms with van der Waals surface area (Å²) in [7, 11) is 1.58. The molecule has 8 nitrogen and oxygen atoms in total. The first-order valence-electron chi connectivity index (χ1n) is 11.5. The van der Waals surface area contributed by atoms with E-state index in [1.165, 1.54) is 0 Å². The molecule has 2 heterocycles. The van der Waals surface area contributed by atoms with Crippen molar-refractivity contribution in [2.75, 3.05) is 45.3 Å². The van der Waals surface area contributed by atoms with Crippen molar-refractivity contribution >= 4 is 29.1 Å². The van der Waals surface area contributed by atoms with Crippen LogP contribution in [0, 0.1) is 0 Å². The van der Waals surface area contributed by atoms with Gasteiger partial charge in [0.25, 0.3) is 5.91 Å². The molecule has 1 unspecified atom stereocenters. The van der Waals surface area contributed by atoms with Crippen LogP contribution in [0.25, 0.3) is 11.3 Å². The molecule has 0 spiro atoms. The molecule has 1 saturated heterocycles. The summed E-state index contributed by atoms with van der Waals surface area (Å²) in [5, 5.41) is 3.48. The number of benzene rings is 2. The topological polar surface area (TPSA) is 84.2 Å². The van der Waals surface area contributed by atoms with Crippen molar-refractivity contribution in [3.05, 3.63) is 90.0 Å². The fourth-order valence-electron chi connectivity index (χ4n) is 4.01. The number of ether oxygens (including phenoxy) is 2. The molecule has 3 aromatic rings. The Balaban J connectivity index is 1.52. The first kappa shape index (κ1) is 25.3. The SMILES string of the molecule is C=C(OCCOC)N1CCN(C(=O)c2cccc(-c3ccco3)c2)CC1C(=O)Nc1ccc(Cl)cc1. The Morgan fingerprint density at radius 3 is 2.64 bits per heavy atom. The summed E-state index contributed by atoms with van der Waals surface area (Å²) in [6.07, 6.45) is 1.59. The number of carbonyl (C=O) groups excluding carboxylic acids is 2. The highest BCUT2D eigenvalue weighted by Crippen LogP contribution is 2.24. The average Bonchev–Trinajstić information content (AvgIpc) is 3.45. The average molecular weight is 510 g/mol. The van der Waals surface area contributed by atoms with Gasteiger partial charge in [0.05, 0.1) is 19.4 Å². The van der Waals surface area contributed by atoms with Crippen LogP contribution in [0.3, 0.4) is 0 Å². The maximum Gasteiger partial charge on any atom is 0.254 e. The van der Waals surface area contributed by atoms with Crippen LogP contribution in [0.15, 0.2) is 83.8 Å². The second kappa shape index (κ2) is 11.8. The molecule has 4 rings (SSSR count). The van der Waals surface area contributed by atoms with Crippen LogP contribution in [0.4, 0.5) is 5.69 Å². The van der Waals surface area contributed by atoms with Gasteiger partial charge in [0.2, 0.25) is 5.91 Å². The van der Waals surface area contributed by atoms with Crippen LogP contribution >= 0.6 is 11.6 Å². The van der Waals surface area contributed by atoms with Crippen molar-refractivity contribution in [2.24, 2.45) is 0 Å². The molecule has 9 heteroatoms. The predicted octanol–water partition coefficient (Wildman–Crippen LogP) is 4.50. The molecule has 1 aliphatic heterocycles. The Labute approximate surface area is 215 Å². The van der Waals surface area contributed by atoms with E-state index >= 15 is 0 Å². The number of anilines is 1. The van der Waals surface area contributed by atoms with Gasteiger partial charge in [-0.2, -0.15) is 0 Å². The lowest BCUT2D eigenvalue weighted by atomic mass is 10.1. The number of furan rings is 1. The zero-order chi connectivity index (χ0) is 25.5. The molecule has 2 aromatic carbocycles. The minimum Gasteiger partial charge on any atom is -0.477 e. The van der Waals surface area contributed by atoms with Crippen molar-refractivity contribution in [1.29, 1.82) is 0 Å². The first-order valence-corrected chi connectivity index (χ1v) is 11.9. The fourth-order valence-corrected chi connectivity index (χ4v) is 4.13. The molecule has 1 atom stereocenters. The second-order valence-electron chi connectivity index (χ2n) is 8.25. The second-order valence-corrected chi connectivity index (χ2v) is 8.69. The van der Waals surface area contributed by atoms with E-state index in [4.69, 9.17) is 25.5 Å². The highest BCUT2D eigenvalue weighted by Gasteiger charge is 2.36. The Kier molecular flexibility index (Phi) is 8.30. The number of hydrogen-bond donors (Lipinski definition) is 1. The van der Waals surface area contributed by atoms with E-state index in [-0.39, 0.29) is 18.4 Å². The standard InChI is InChI=1S/C27H28ClN3O5/c1-19(35-16-15-34-2)31-13-12-30(18-24(31)26(32)29-23-10-8-22(28)9-11-23)27(33)21-6-3-5-20(17-21)25-7-4-14-36-25/h3-11,14,17,24H,1,12-13,15-16,18H2,2H3,(H,29,32). The molecule has 1 fully saturated rings. The van der Waals surface area contributed by atoms with Crippen molar-refractivity contribution in [2.45, 2.75) is 6.04 Å². The van der Waals surface area contributed by atoms with Gasteiger partial charge in [0, 0.05) is 42.0 Å². The maximum atomic E-state index is 13.4. The summed E-state index contributed by atoms with van der Waals surface area (Å²) >= 11 is 5.97. The van der Waals surface area contributed by atoms with E-state index in [0.29, 0.717) is 54.2 Å². The Morgan fingerprint density at radius 1 is 1.11 bits per heavy atom. The number of halogens is 1. The summed E-state index contributed by atoms with van der Waals surface area (Å²) < 4.78 is 16.2. The highest BCUT2D eigenvalue weighted by molar-refractivity contribution is 6.30. The number of nitrogens with one attached hydrogen (secondary N) is 1. The maximum absolute atomic E-state index is 13.4. The van der Waals surface area contributed by atoms with E-state index in [2.05, 4.69) is 11.9 Å². The number of methoxy groups -OCH3 is 1. The van der Waals surface area contributed by atoms with Crippen molar-refractivity contribution in [3.8, 4) is 11.3 Å². The zero-order valence-corrected chi connectivity index (χ0v) is 20.7. The third-order valence-electron chi connectivity index (χ3n) is 5.87. The summed E-state index contributed by atoms with van der Waals surface area (Å²) in [4.78, 5) is 30.2. The normalized spacial score (nSPS) is 15.4. The van der Waals surface area contributed by atoms with Gasteiger partial charge in [-0.15, -0.1) is 0 Å². The molecule has 0 aliphatic carbocycles. The number of rotatable bonds is 9. The Bertz CT molecular complexity index is 1200. The molecule has 0 bridgehead atoms. The highest BCUT2D eigenvalue weighted by atomic mass is 35.5. The summed E-state index contributed by atoms with van der Waals surface area (Å²) in [6, 6.07) is 17.0. The first-order chi connectivity index (χ1) is 17.5. The Hall–Kier alpha value is -3.75. The van der Waals surface area contributed by atoms with Gasteiger partial charge in [-0.05, 0) is 55.1 Å². The van der Waals surface area contributed by atoms with Gasteiger partial charge in [0.1, 0.15) is 18.4 Å². The molecule has 2 amide bonds. The van der Waals surface area contributed by atoms with Crippen molar-refractivity contribution in [1.82, 2.24) is 9.80 Å². The van der Waals surface area contributed by atoms with Crippen LogP contribution in [0.5, 0.6) is 0 Å². The fraction of sp³-hybridized carbons (Fsp3) is 0.259. The molecule has 1 aromatic heterocycles. The minimum absolute atomic E-state index is 0.163. The van der Waals surface area contributed by atoms with Gasteiger partial charge in [-0.1, -0.05) is 23.7 Å². The van der Waals surface area contributed by atoms with Crippen LogP contribution in [-0.4, -0.2) is 67.6 Å². The van der Waals surface area contributed by atoms with Crippen LogP contribution < -0.4 is 5.32 Å². The third kappa shape index (κ3) is 6.08. The van der Waals surface area contributed by atoms with E-state index in [0.717, 1.165) is 5.56 Å². The van der Waals surface area contributed by atoms with Gasteiger partial charge in [-0.25, -0.2) is 0 Å². The Morgan fingerprint density at radius 2 is 1.92 bits per heavy atom. The zero-order valence-electron chi connectivity index (χ0n) is 20.0. The predicted molar refractivity (Wildman–Crippen MR) is 138 cm³/mol. The molecule has 188 valence electrons. The number of amides is 2. The lowest BCUT2D eigenvalue weighted by Gasteiger charge is -2.42. The lowest BCUT2D eigenvalue weighted by molar-refractivity contribution is -0.123. The van der Waals surface area contributed by atoms with E-state index < -0.39 is 6.04 Å². The number of nitrogens with zero attached hydrogens (tertiary/aromatic N) is 2. The van der Waals surface area contributed by atoms with Crippen LogP contribution in [-0.2, 0) is 14.3 Å². The molecule has 1 aliphatic rings. The van der Waals surface area contributed by atoms with E-state index in [1.807, 2.05) is 18.2 Å². The largest absolute Gasteiger partial charge is 0.477 e. The smallest absolute Gasteiger partial charge is 0.254 e. The number of carbonyl (C=O) groups is 2. The van der Waals surface area contributed by atoms with E-state index in [1.54, 1.807) is 65.6 Å². The van der Waals surface area contributed by atoms with Gasteiger partial charge >= 0.3 is 0 Å². The lowest BCUT2D eigenvalue weighted by Crippen LogP contribution is -2.58. The molecular weight excluding hydrogens is 482 g/mol. The molecule has 1 N–H and O–H groups in total. The number of piperazine rings is 1. The molecule has 36 heavy (non-hydrogen) atoms.